The van der Waals surface area contributed by atoms with Crippen molar-refractivity contribution in [2.24, 2.45) is 11.7 Å². The average Bonchev–Trinajstić information content (AvgIpc) is 3.16. The van der Waals surface area contributed by atoms with Crippen molar-refractivity contribution in [3.8, 4) is 17.6 Å². The summed E-state index contributed by atoms with van der Waals surface area (Å²) in [4.78, 5) is 0. The lowest BCUT2D eigenvalue weighted by atomic mass is 9.74. The van der Waals surface area contributed by atoms with E-state index in [4.69, 9.17) is 19.9 Å². The van der Waals surface area contributed by atoms with Crippen LogP contribution in [-0.2, 0) is 4.74 Å². The van der Waals surface area contributed by atoms with E-state index < -0.39 is 0 Å². The Kier molecular flexibility index (Phi) is 4.82. The van der Waals surface area contributed by atoms with Crippen molar-refractivity contribution in [2.75, 3.05) is 14.2 Å². The van der Waals surface area contributed by atoms with Gasteiger partial charge in [-0.25, -0.2) is 10.9 Å². The number of rotatable bonds is 4. The Bertz CT molecular complexity index is 938. The van der Waals surface area contributed by atoms with Gasteiger partial charge in [0.05, 0.1) is 25.8 Å². The van der Waals surface area contributed by atoms with Crippen molar-refractivity contribution >= 4 is 0 Å². The van der Waals surface area contributed by atoms with Gasteiger partial charge in [0.25, 0.3) is 0 Å². The van der Waals surface area contributed by atoms with Gasteiger partial charge in [0.1, 0.15) is 6.07 Å². The lowest BCUT2D eigenvalue weighted by Gasteiger charge is -2.36. The summed E-state index contributed by atoms with van der Waals surface area (Å²) in [6, 6.07) is 18.0. The minimum atomic E-state index is -0.361. The highest BCUT2D eigenvalue weighted by molar-refractivity contribution is 5.49. The largest absolute Gasteiger partial charge is 0.493 e. The number of nitrogens with one attached hydrogen (secondary N) is 2. The first-order valence-corrected chi connectivity index (χ1v) is 9.02. The van der Waals surface area contributed by atoms with Crippen LogP contribution in [0.5, 0.6) is 11.5 Å². The Balaban J connectivity index is 1.83. The molecule has 144 valence electrons. The van der Waals surface area contributed by atoms with Crippen molar-refractivity contribution in [2.45, 2.75) is 18.2 Å². The van der Waals surface area contributed by atoms with E-state index in [2.05, 4.69) is 29.1 Å². The Morgan fingerprint density at radius 1 is 1.00 bits per heavy atom. The van der Waals surface area contributed by atoms with E-state index in [1.54, 1.807) is 14.2 Å². The molecular weight excluding hydrogens is 356 g/mol. The Labute approximate surface area is 163 Å². The van der Waals surface area contributed by atoms with Crippen LogP contribution in [0.4, 0.5) is 0 Å². The molecule has 0 bridgehead atoms. The second-order valence-corrected chi connectivity index (χ2v) is 6.77. The number of allylic oxidation sites excluding steroid dienone is 1. The molecule has 4 rings (SSSR count). The molecule has 28 heavy (non-hydrogen) atoms. The highest BCUT2D eigenvalue weighted by atomic mass is 16.5. The van der Waals surface area contributed by atoms with E-state index in [1.807, 2.05) is 36.4 Å². The fraction of sp³-hybridized carbons (Fsp3) is 0.286. The third-order valence-corrected chi connectivity index (χ3v) is 5.38. The van der Waals surface area contributed by atoms with Gasteiger partial charge in [0.2, 0.25) is 5.88 Å². The molecule has 2 heterocycles. The number of nitrogens with two attached hydrogens (primary N) is 1. The predicted octanol–water partition coefficient (Wildman–Crippen LogP) is 2.30. The Hall–Kier alpha value is -3.21. The van der Waals surface area contributed by atoms with Gasteiger partial charge in [-0.3, -0.25) is 0 Å². The summed E-state index contributed by atoms with van der Waals surface area (Å²) in [5.74, 6) is 1.03. The van der Waals surface area contributed by atoms with Crippen molar-refractivity contribution in [1.82, 2.24) is 10.9 Å². The summed E-state index contributed by atoms with van der Waals surface area (Å²) in [6.07, 6.45) is -0.361. The monoisotopic (exact) mass is 378 g/mol. The highest BCUT2D eigenvalue weighted by Crippen LogP contribution is 2.48. The summed E-state index contributed by atoms with van der Waals surface area (Å²) in [6.45, 7) is 0. The zero-order valence-corrected chi connectivity index (χ0v) is 15.7. The molecule has 0 aromatic heterocycles. The zero-order chi connectivity index (χ0) is 19.7. The molecule has 2 aromatic rings. The highest BCUT2D eigenvalue weighted by Gasteiger charge is 2.49. The predicted molar refractivity (Wildman–Crippen MR) is 103 cm³/mol. The smallest absolute Gasteiger partial charge is 0.200 e. The van der Waals surface area contributed by atoms with Gasteiger partial charge in [-0.1, -0.05) is 36.4 Å². The van der Waals surface area contributed by atoms with E-state index in [1.165, 1.54) is 0 Å². The van der Waals surface area contributed by atoms with Crippen LogP contribution in [-0.4, -0.2) is 20.4 Å². The molecular formula is C21H22N4O3. The molecule has 4 N–H and O–H groups in total. The van der Waals surface area contributed by atoms with Gasteiger partial charge in [0, 0.05) is 11.8 Å². The molecule has 0 saturated carbocycles. The van der Waals surface area contributed by atoms with Crippen LogP contribution < -0.4 is 26.1 Å². The Morgan fingerprint density at radius 3 is 2.43 bits per heavy atom. The number of hydrogen-bond acceptors (Lipinski definition) is 7. The number of nitriles is 1. The standard InChI is InChI=1S/C21H22N4O3/c1-26-15-9-8-13(10-16(15)27-2)17-14(11-22)20(23)28-21-18(17)19(24-25-21)12-6-4-3-5-7-12/h3-10,17-19,21,24-25H,23H2,1-2H3. The van der Waals surface area contributed by atoms with Gasteiger partial charge in [-0.15, -0.1) is 0 Å². The molecule has 7 heteroatoms. The summed E-state index contributed by atoms with van der Waals surface area (Å²) >= 11 is 0. The molecule has 2 aliphatic heterocycles. The molecule has 0 radical (unpaired) electrons. The quantitative estimate of drug-likeness (QED) is 0.750. The van der Waals surface area contributed by atoms with Crippen LogP contribution in [0.3, 0.4) is 0 Å². The van der Waals surface area contributed by atoms with Crippen LogP contribution in [0.2, 0.25) is 0 Å². The molecule has 0 amide bonds. The van der Waals surface area contributed by atoms with E-state index in [9.17, 15) is 5.26 Å². The molecule has 2 aromatic carbocycles. The van der Waals surface area contributed by atoms with Gasteiger partial charge in [-0.05, 0) is 23.3 Å². The van der Waals surface area contributed by atoms with E-state index >= 15 is 0 Å². The molecule has 1 fully saturated rings. The summed E-state index contributed by atoms with van der Waals surface area (Å²) in [5.41, 5.74) is 15.0. The van der Waals surface area contributed by atoms with Crippen LogP contribution >= 0.6 is 0 Å². The van der Waals surface area contributed by atoms with E-state index in [-0.39, 0.29) is 30.0 Å². The first kappa shape index (κ1) is 18.2. The van der Waals surface area contributed by atoms with E-state index in [0.29, 0.717) is 17.1 Å². The number of methoxy groups -OCH3 is 2. The fourth-order valence-corrected chi connectivity index (χ4v) is 4.09. The minimum Gasteiger partial charge on any atom is -0.493 e. The van der Waals surface area contributed by atoms with E-state index in [0.717, 1.165) is 11.1 Å². The molecule has 7 nitrogen and oxygen atoms in total. The van der Waals surface area contributed by atoms with Crippen LogP contribution in [0, 0.1) is 17.2 Å². The topological polar surface area (TPSA) is 102 Å². The molecule has 4 atom stereocenters. The first-order valence-electron chi connectivity index (χ1n) is 9.02. The van der Waals surface area contributed by atoms with Crippen LogP contribution in [0.15, 0.2) is 60.0 Å². The first-order chi connectivity index (χ1) is 13.7. The summed E-state index contributed by atoms with van der Waals surface area (Å²) < 4.78 is 16.6. The molecule has 2 aliphatic rings. The van der Waals surface area contributed by atoms with Crippen LogP contribution in [0.1, 0.15) is 23.1 Å². The second-order valence-electron chi connectivity index (χ2n) is 6.77. The van der Waals surface area contributed by atoms with Gasteiger partial charge in [-0.2, -0.15) is 5.26 Å². The van der Waals surface area contributed by atoms with Crippen molar-refractivity contribution in [3.05, 3.63) is 71.1 Å². The van der Waals surface area contributed by atoms with Gasteiger partial charge in [0.15, 0.2) is 17.7 Å². The maximum atomic E-state index is 9.83. The number of hydrazine groups is 1. The second kappa shape index (κ2) is 7.43. The number of benzene rings is 2. The zero-order valence-electron chi connectivity index (χ0n) is 15.7. The Morgan fingerprint density at radius 2 is 1.75 bits per heavy atom. The fourth-order valence-electron chi connectivity index (χ4n) is 4.09. The number of fused-ring (bicyclic) bond motifs is 1. The normalized spacial score (nSPS) is 26.2. The summed E-state index contributed by atoms with van der Waals surface area (Å²) in [7, 11) is 3.19. The van der Waals surface area contributed by atoms with Crippen LogP contribution in [0.25, 0.3) is 0 Å². The third kappa shape index (κ3) is 2.93. The third-order valence-electron chi connectivity index (χ3n) is 5.38. The maximum absolute atomic E-state index is 9.83. The lowest BCUT2D eigenvalue weighted by Crippen LogP contribution is -2.41. The number of nitrogens with zero attached hydrogens (tertiary/aromatic N) is 1. The minimum absolute atomic E-state index is 0.0549. The molecule has 0 spiro atoms. The number of hydrogen-bond donors (Lipinski definition) is 3. The van der Waals surface area contributed by atoms with Crippen molar-refractivity contribution in [1.29, 1.82) is 5.26 Å². The van der Waals surface area contributed by atoms with Crippen molar-refractivity contribution < 1.29 is 14.2 Å². The summed E-state index contributed by atoms with van der Waals surface area (Å²) in [5, 5.41) is 9.83. The molecule has 4 unspecified atom stereocenters. The number of ether oxygens (including phenoxy) is 3. The SMILES string of the molecule is COc1ccc(C2C(C#N)=C(N)OC3NNC(c4ccccc4)C32)cc1OC. The maximum Gasteiger partial charge on any atom is 0.200 e. The van der Waals surface area contributed by atoms with Gasteiger partial charge >= 0.3 is 0 Å². The molecule has 0 aliphatic carbocycles. The lowest BCUT2D eigenvalue weighted by molar-refractivity contribution is 0.0340. The van der Waals surface area contributed by atoms with Crippen molar-refractivity contribution in [3.63, 3.8) is 0 Å². The average molecular weight is 378 g/mol. The van der Waals surface area contributed by atoms with Gasteiger partial charge < -0.3 is 19.9 Å². The molecule has 1 saturated heterocycles.